The van der Waals surface area contributed by atoms with Crippen molar-refractivity contribution in [1.29, 1.82) is 0 Å². The third-order valence-electron chi connectivity index (χ3n) is 2.86. The van der Waals surface area contributed by atoms with Crippen molar-refractivity contribution in [2.45, 2.75) is 26.8 Å². The van der Waals surface area contributed by atoms with Crippen molar-refractivity contribution in [1.82, 2.24) is 5.32 Å². The van der Waals surface area contributed by atoms with Gasteiger partial charge in [-0.15, -0.1) is 11.3 Å². The van der Waals surface area contributed by atoms with Crippen molar-refractivity contribution in [2.24, 2.45) is 0 Å². The van der Waals surface area contributed by atoms with Crippen LogP contribution in [0.5, 0.6) is 0 Å². The van der Waals surface area contributed by atoms with Gasteiger partial charge in [-0.1, -0.05) is 6.92 Å². The second-order valence-electron chi connectivity index (χ2n) is 3.98. The molecule has 1 N–H and O–H groups in total. The zero-order valence-electron chi connectivity index (χ0n) is 10.2. The van der Waals surface area contributed by atoms with Gasteiger partial charge in [-0.05, 0) is 54.0 Å². The van der Waals surface area contributed by atoms with Crippen LogP contribution in [0.25, 0.3) is 0 Å². The standard InChI is InChI=1S/C13H16BrNOS/c1-4-15-13(10-5-6-16-8(10)2)11-7-12(14)17-9(11)3/h5-7,13,15H,4H2,1-3H3. The molecule has 0 bridgehead atoms. The van der Waals surface area contributed by atoms with E-state index in [0.29, 0.717) is 0 Å². The third-order valence-corrected chi connectivity index (χ3v) is 4.42. The highest BCUT2D eigenvalue weighted by Gasteiger charge is 2.20. The fourth-order valence-corrected chi connectivity index (χ4v) is 3.78. The molecule has 1 atom stereocenters. The van der Waals surface area contributed by atoms with Gasteiger partial charge in [0.05, 0.1) is 16.1 Å². The van der Waals surface area contributed by atoms with Crippen molar-refractivity contribution >= 4 is 27.3 Å². The van der Waals surface area contributed by atoms with Crippen LogP contribution in [0.3, 0.4) is 0 Å². The highest BCUT2D eigenvalue weighted by molar-refractivity contribution is 9.11. The molecule has 4 heteroatoms. The average Bonchev–Trinajstić information content (AvgIpc) is 2.82. The zero-order valence-corrected chi connectivity index (χ0v) is 12.6. The fraction of sp³-hybridized carbons (Fsp3) is 0.385. The molecule has 1 unspecified atom stereocenters. The van der Waals surface area contributed by atoms with Gasteiger partial charge in [0.25, 0.3) is 0 Å². The molecule has 2 nitrogen and oxygen atoms in total. The largest absolute Gasteiger partial charge is 0.469 e. The van der Waals surface area contributed by atoms with Crippen LogP contribution in [0.1, 0.15) is 34.7 Å². The topological polar surface area (TPSA) is 25.2 Å². The fourth-order valence-electron chi connectivity index (χ4n) is 2.03. The first kappa shape index (κ1) is 12.9. The van der Waals surface area contributed by atoms with Gasteiger partial charge >= 0.3 is 0 Å². The molecule has 92 valence electrons. The summed E-state index contributed by atoms with van der Waals surface area (Å²) in [6, 6.07) is 4.47. The van der Waals surface area contributed by atoms with E-state index in [9.17, 15) is 0 Å². The highest BCUT2D eigenvalue weighted by Crippen LogP contribution is 2.34. The monoisotopic (exact) mass is 313 g/mol. The number of halogens is 1. The van der Waals surface area contributed by atoms with Crippen LogP contribution < -0.4 is 5.32 Å². The summed E-state index contributed by atoms with van der Waals surface area (Å²) in [6.45, 7) is 7.22. The summed E-state index contributed by atoms with van der Waals surface area (Å²) in [5.41, 5.74) is 2.55. The molecule has 0 saturated carbocycles. The maximum atomic E-state index is 5.41. The van der Waals surface area contributed by atoms with Gasteiger partial charge in [0.2, 0.25) is 0 Å². The number of hydrogen-bond acceptors (Lipinski definition) is 3. The van der Waals surface area contributed by atoms with E-state index in [4.69, 9.17) is 4.42 Å². The number of aryl methyl sites for hydroxylation is 2. The van der Waals surface area contributed by atoms with Gasteiger partial charge in [0.15, 0.2) is 0 Å². The first-order valence-electron chi connectivity index (χ1n) is 5.66. The molecule has 17 heavy (non-hydrogen) atoms. The van der Waals surface area contributed by atoms with Gasteiger partial charge < -0.3 is 9.73 Å². The number of furan rings is 1. The molecule has 2 heterocycles. The average molecular weight is 314 g/mol. The minimum atomic E-state index is 0.223. The van der Waals surface area contributed by atoms with Crippen molar-refractivity contribution in [2.75, 3.05) is 6.54 Å². The summed E-state index contributed by atoms with van der Waals surface area (Å²) < 4.78 is 6.59. The Hall–Kier alpha value is -0.580. The van der Waals surface area contributed by atoms with Gasteiger partial charge in [-0.3, -0.25) is 0 Å². The summed E-state index contributed by atoms with van der Waals surface area (Å²) in [7, 11) is 0. The molecular formula is C13H16BrNOS. The Morgan fingerprint density at radius 3 is 2.65 bits per heavy atom. The Bertz CT molecular complexity index is 503. The lowest BCUT2D eigenvalue weighted by atomic mass is 10.00. The Balaban J connectivity index is 2.42. The molecule has 0 spiro atoms. The van der Waals surface area contributed by atoms with Crippen LogP contribution in [0.4, 0.5) is 0 Å². The van der Waals surface area contributed by atoms with Crippen LogP contribution in [0.2, 0.25) is 0 Å². The van der Waals surface area contributed by atoms with Crippen LogP contribution in [-0.2, 0) is 0 Å². The quantitative estimate of drug-likeness (QED) is 0.904. The number of rotatable bonds is 4. The van der Waals surface area contributed by atoms with Crippen molar-refractivity contribution in [3.05, 3.63) is 43.9 Å². The SMILES string of the molecule is CCNC(c1ccoc1C)c1cc(Br)sc1C. The Morgan fingerprint density at radius 2 is 2.18 bits per heavy atom. The summed E-state index contributed by atoms with van der Waals surface area (Å²) in [5, 5.41) is 3.52. The normalized spacial score (nSPS) is 12.9. The molecular weight excluding hydrogens is 298 g/mol. The van der Waals surface area contributed by atoms with Crippen LogP contribution in [-0.4, -0.2) is 6.54 Å². The summed E-state index contributed by atoms with van der Waals surface area (Å²) in [5.74, 6) is 0.984. The molecule has 0 radical (unpaired) electrons. The minimum Gasteiger partial charge on any atom is -0.469 e. The molecule has 0 aromatic carbocycles. The van der Waals surface area contributed by atoms with Gasteiger partial charge in [0.1, 0.15) is 5.76 Å². The minimum absolute atomic E-state index is 0.223. The van der Waals surface area contributed by atoms with Crippen molar-refractivity contribution < 1.29 is 4.42 Å². The van der Waals surface area contributed by atoms with E-state index in [1.54, 1.807) is 17.6 Å². The lowest BCUT2D eigenvalue weighted by molar-refractivity contribution is 0.520. The molecule has 0 fully saturated rings. The van der Waals surface area contributed by atoms with E-state index in [1.165, 1.54) is 19.8 Å². The van der Waals surface area contributed by atoms with Crippen LogP contribution in [0, 0.1) is 13.8 Å². The lowest BCUT2D eigenvalue weighted by Crippen LogP contribution is -2.22. The van der Waals surface area contributed by atoms with E-state index >= 15 is 0 Å². The predicted molar refractivity (Wildman–Crippen MR) is 75.7 cm³/mol. The van der Waals surface area contributed by atoms with Crippen molar-refractivity contribution in [3.63, 3.8) is 0 Å². The first-order valence-corrected chi connectivity index (χ1v) is 7.27. The van der Waals surface area contributed by atoms with Crippen LogP contribution in [0.15, 0.2) is 26.6 Å². The summed E-state index contributed by atoms with van der Waals surface area (Å²) in [6.07, 6.45) is 1.76. The van der Waals surface area contributed by atoms with Crippen LogP contribution >= 0.6 is 27.3 Å². The van der Waals surface area contributed by atoms with Gasteiger partial charge in [-0.2, -0.15) is 0 Å². The Morgan fingerprint density at radius 1 is 1.41 bits per heavy atom. The molecule has 0 aliphatic heterocycles. The van der Waals surface area contributed by atoms with Gasteiger partial charge in [-0.25, -0.2) is 0 Å². The van der Waals surface area contributed by atoms with E-state index in [2.05, 4.69) is 41.2 Å². The highest BCUT2D eigenvalue weighted by atomic mass is 79.9. The molecule has 0 amide bonds. The number of hydrogen-bond donors (Lipinski definition) is 1. The molecule has 0 aliphatic rings. The maximum Gasteiger partial charge on any atom is 0.105 e. The molecule has 2 aromatic heterocycles. The Kier molecular flexibility index (Phi) is 4.07. The smallest absolute Gasteiger partial charge is 0.105 e. The van der Waals surface area contributed by atoms with E-state index < -0.39 is 0 Å². The first-order chi connectivity index (χ1) is 8.13. The third kappa shape index (κ3) is 2.64. The predicted octanol–water partition coefficient (Wildman–Crippen LogP) is 4.42. The summed E-state index contributed by atoms with van der Waals surface area (Å²) in [4.78, 5) is 1.34. The van der Waals surface area contributed by atoms with E-state index in [0.717, 1.165) is 12.3 Å². The second kappa shape index (κ2) is 5.38. The molecule has 2 rings (SSSR count). The van der Waals surface area contributed by atoms with Crippen molar-refractivity contribution in [3.8, 4) is 0 Å². The lowest BCUT2D eigenvalue weighted by Gasteiger charge is -2.17. The molecule has 0 saturated heterocycles. The zero-order chi connectivity index (χ0) is 12.4. The second-order valence-corrected chi connectivity index (χ2v) is 6.62. The number of nitrogens with one attached hydrogen (secondary N) is 1. The van der Waals surface area contributed by atoms with E-state index in [1.807, 2.05) is 13.0 Å². The van der Waals surface area contributed by atoms with E-state index in [-0.39, 0.29) is 6.04 Å². The maximum absolute atomic E-state index is 5.41. The number of thiophene rings is 1. The van der Waals surface area contributed by atoms with Gasteiger partial charge in [0, 0.05) is 10.4 Å². The Labute approximate surface area is 114 Å². The molecule has 0 aliphatic carbocycles. The summed E-state index contributed by atoms with van der Waals surface area (Å²) >= 11 is 5.32. The molecule has 2 aromatic rings.